The van der Waals surface area contributed by atoms with Crippen LogP contribution in [0.15, 0.2) is 0 Å². The molecule has 7 unspecified atom stereocenters. The summed E-state index contributed by atoms with van der Waals surface area (Å²) in [5, 5.41) is 0. The highest BCUT2D eigenvalue weighted by molar-refractivity contribution is 7.85. The molecule has 9 nitrogen and oxygen atoms in total. The molecule has 3 fully saturated rings. The number of carbonyl (C=O) groups is 3. The zero-order valence-electron chi connectivity index (χ0n) is 16.9. The SMILES string of the molecule is CCC(C)(C)C(=O)OC1C2CC3C1OC(=O)C3C2C(=O)OC(CS(=O)(=O)O)C(F)(F)F. The molecule has 1 aliphatic heterocycles. The minimum Gasteiger partial charge on any atom is -0.458 e. The van der Waals surface area contributed by atoms with Crippen molar-refractivity contribution in [1.82, 2.24) is 0 Å². The van der Waals surface area contributed by atoms with E-state index in [1.54, 1.807) is 20.8 Å². The lowest BCUT2D eigenvalue weighted by atomic mass is 9.78. The van der Waals surface area contributed by atoms with E-state index in [2.05, 4.69) is 4.74 Å². The number of hydrogen-bond donors (Lipinski definition) is 1. The van der Waals surface area contributed by atoms with Crippen molar-refractivity contribution in [2.45, 2.75) is 58.1 Å². The summed E-state index contributed by atoms with van der Waals surface area (Å²) in [5.74, 6) is -8.49. The van der Waals surface area contributed by atoms with Crippen LogP contribution in [-0.4, -0.2) is 61.1 Å². The first-order valence-electron chi connectivity index (χ1n) is 9.70. The first kappa shape index (κ1) is 23.8. The van der Waals surface area contributed by atoms with Gasteiger partial charge in [0.2, 0.25) is 6.10 Å². The van der Waals surface area contributed by atoms with Gasteiger partial charge in [0.1, 0.15) is 18.0 Å². The lowest BCUT2D eigenvalue weighted by Gasteiger charge is -2.33. The Morgan fingerprint density at radius 3 is 2.39 bits per heavy atom. The van der Waals surface area contributed by atoms with Crippen molar-refractivity contribution in [2.24, 2.45) is 29.1 Å². The summed E-state index contributed by atoms with van der Waals surface area (Å²) in [6.07, 6.45) is -9.54. The number of alkyl halides is 3. The van der Waals surface area contributed by atoms with E-state index in [1.165, 1.54) is 0 Å². The molecule has 2 bridgehead atoms. The lowest BCUT2D eigenvalue weighted by molar-refractivity contribution is -0.220. The zero-order chi connectivity index (χ0) is 23.5. The average Bonchev–Trinajstić information content (AvgIpc) is 3.22. The molecule has 1 heterocycles. The van der Waals surface area contributed by atoms with Crippen molar-refractivity contribution in [3.63, 3.8) is 0 Å². The molecule has 0 aromatic heterocycles. The molecule has 13 heteroatoms. The maximum absolute atomic E-state index is 13.2. The molecule has 31 heavy (non-hydrogen) atoms. The van der Waals surface area contributed by atoms with Crippen molar-refractivity contribution < 1.29 is 54.7 Å². The van der Waals surface area contributed by atoms with E-state index in [-0.39, 0.29) is 6.42 Å². The third kappa shape index (κ3) is 4.38. The van der Waals surface area contributed by atoms with E-state index in [1.807, 2.05) is 0 Å². The molecule has 1 N–H and O–H groups in total. The fourth-order valence-corrected chi connectivity index (χ4v) is 5.14. The monoisotopic (exact) mass is 472 g/mol. The van der Waals surface area contributed by atoms with E-state index < -0.39 is 87.4 Å². The largest absolute Gasteiger partial charge is 0.458 e. The van der Waals surface area contributed by atoms with E-state index in [9.17, 15) is 36.0 Å². The summed E-state index contributed by atoms with van der Waals surface area (Å²) < 4.78 is 85.3. The van der Waals surface area contributed by atoms with Crippen molar-refractivity contribution in [3.8, 4) is 0 Å². The maximum atomic E-state index is 13.2. The highest BCUT2D eigenvalue weighted by Crippen LogP contribution is 2.59. The Kier molecular flexibility index (Phi) is 5.83. The second-order valence-corrected chi connectivity index (χ2v) is 10.3. The van der Waals surface area contributed by atoms with Crippen LogP contribution in [0.2, 0.25) is 0 Å². The molecule has 176 valence electrons. The Bertz CT molecular complexity index is 882. The Balaban J connectivity index is 1.83. The molecule has 0 spiro atoms. The van der Waals surface area contributed by atoms with Gasteiger partial charge in [-0.3, -0.25) is 18.9 Å². The molecule has 0 aromatic carbocycles. The van der Waals surface area contributed by atoms with Gasteiger partial charge in [0.15, 0.2) is 0 Å². The number of esters is 3. The number of carbonyl (C=O) groups excluding carboxylic acids is 3. The van der Waals surface area contributed by atoms with Crippen LogP contribution < -0.4 is 0 Å². The van der Waals surface area contributed by atoms with Gasteiger partial charge in [-0.25, -0.2) is 0 Å². The third-order valence-corrected chi connectivity index (χ3v) is 7.21. The summed E-state index contributed by atoms with van der Waals surface area (Å²) in [7, 11) is -5.11. The van der Waals surface area contributed by atoms with Crippen LogP contribution in [0.3, 0.4) is 0 Å². The highest BCUT2D eigenvalue weighted by Gasteiger charge is 2.70. The van der Waals surface area contributed by atoms with Crippen LogP contribution in [0.4, 0.5) is 13.2 Å². The standard InChI is InChI=1S/C18H23F3O9S/c1-4-17(2,3)16(24)30-13-8-5-7-11(15(23)29-12(7)13)10(8)14(22)28-9(18(19,20)21)6-31(25,26)27/h7-13H,4-6H2,1-3H3,(H,25,26,27). The van der Waals surface area contributed by atoms with E-state index >= 15 is 0 Å². The van der Waals surface area contributed by atoms with Crippen LogP contribution in [0.25, 0.3) is 0 Å². The van der Waals surface area contributed by atoms with Gasteiger partial charge in [-0.1, -0.05) is 6.92 Å². The Morgan fingerprint density at radius 1 is 1.26 bits per heavy atom. The summed E-state index contributed by atoms with van der Waals surface area (Å²) in [4.78, 5) is 37.4. The number of ether oxygens (including phenoxy) is 3. The van der Waals surface area contributed by atoms with E-state index in [0.29, 0.717) is 6.42 Å². The molecule has 2 saturated carbocycles. The van der Waals surface area contributed by atoms with Crippen LogP contribution in [-0.2, 0) is 38.7 Å². The Labute approximate surface area is 176 Å². The number of rotatable bonds is 7. The molecule has 1 saturated heterocycles. The molecule has 0 aromatic rings. The molecular weight excluding hydrogens is 449 g/mol. The van der Waals surface area contributed by atoms with Gasteiger partial charge in [-0.15, -0.1) is 0 Å². The molecule has 0 radical (unpaired) electrons. The zero-order valence-corrected chi connectivity index (χ0v) is 17.7. The normalized spacial score (nSPS) is 33.2. The highest BCUT2D eigenvalue weighted by atomic mass is 32.2. The van der Waals surface area contributed by atoms with Gasteiger partial charge in [0.25, 0.3) is 10.1 Å². The van der Waals surface area contributed by atoms with E-state index in [0.717, 1.165) is 0 Å². The minimum absolute atomic E-state index is 0.209. The van der Waals surface area contributed by atoms with Gasteiger partial charge < -0.3 is 14.2 Å². The first-order valence-corrected chi connectivity index (χ1v) is 11.3. The summed E-state index contributed by atoms with van der Waals surface area (Å²) >= 11 is 0. The van der Waals surface area contributed by atoms with Crippen molar-refractivity contribution in [2.75, 3.05) is 5.75 Å². The molecule has 3 aliphatic rings. The Morgan fingerprint density at radius 2 is 1.87 bits per heavy atom. The van der Waals surface area contributed by atoms with Gasteiger partial charge in [0.05, 0.1) is 17.3 Å². The predicted octanol–water partition coefficient (Wildman–Crippen LogP) is 1.50. The first-order chi connectivity index (χ1) is 14.1. The van der Waals surface area contributed by atoms with Crippen molar-refractivity contribution >= 4 is 28.0 Å². The van der Waals surface area contributed by atoms with E-state index in [4.69, 9.17) is 14.0 Å². The summed E-state index contributed by atoms with van der Waals surface area (Å²) in [5.41, 5.74) is -0.864. The number of halogens is 3. The lowest BCUT2D eigenvalue weighted by Crippen LogP contribution is -2.47. The maximum Gasteiger partial charge on any atom is 0.426 e. The third-order valence-electron chi connectivity index (χ3n) is 6.48. The Hall–Kier alpha value is -1.89. The predicted molar refractivity (Wildman–Crippen MR) is 94.8 cm³/mol. The number of hydrogen-bond acceptors (Lipinski definition) is 8. The fraction of sp³-hybridized carbons (Fsp3) is 0.833. The molecule has 7 atom stereocenters. The smallest absolute Gasteiger partial charge is 0.426 e. The van der Waals surface area contributed by atoms with Crippen molar-refractivity contribution in [3.05, 3.63) is 0 Å². The van der Waals surface area contributed by atoms with Gasteiger partial charge in [-0.2, -0.15) is 21.6 Å². The average molecular weight is 472 g/mol. The van der Waals surface area contributed by atoms with Gasteiger partial charge >= 0.3 is 24.1 Å². The second kappa shape index (κ2) is 7.61. The van der Waals surface area contributed by atoms with Crippen LogP contribution >= 0.6 is 0 Å². The van der Waals surface area contributed by atoms with Crippen LogP contribution in [0.5, 0.6) is 0 Å². The topological polar surface area (TPSA) is 133 Å². The molecule has 2 aliphatic carbocycles. The summed E-state index contributed by atoms with van der Waals surface area (Å²) in [6, 6.07) is 0. The van der Waals surface area contributed by atoms with Crippen LogP contribution in [0, 0.1) is 29.1 Å². The molecule has 0 amide bonds. The van der Waals surface area contributed by atoms with Gasteiger partial charge in [0, 0.05) is 11.8 Å². The molecule has 3 rings (SSSR count). The van der Waals surface area contributed by atoms with Gasteiger partial charge in [-0.05, 0) is 26.7 Å². The quantitative estimate of drug-likeness (QED) is 0.332. The fourth-order valence-electron chi connectivity index (χ4n) is 4.50. The molecular formula is C18H23F3O9S. The van der Waals surface area contributed by atoms with Crippen LogP contribution in [0.1, 0.15) is 33.6 Å². The summed E-state index contributed by atoms with van der Waals surface area (Å²) in [6.45, 7) is 5.04. The van der Waals surface area contributed by atoms with Crippen molar-refractivity contribution in [1.29, 1.82) is 0 Å². The minimum atomic E-state index is -5.27. The number of fused-ring (bicyclic) bond motifs is 1. The second-order valence-electron chi connectivity index (χ2n) is 8.84.